The van der Waals surface area contributed by atoms with Gasteiger partial charge in [0.15, 0.2) is 17.5 Å². The second-order valence-corrected chi connectivity index (χ2v) is 13.9. The first kappa shape index (κ1) is 31.7. The Morgan fingerprint density at radius 1 is 0.375 bits per heavy atom. The van der Waals surface area contributed by atoms with Crippen LogP contribution in [0.1, 0.15) is 0 Å². The van der Waals surface area contributed by atoms with Crippen molar-refractivity contribution in [2.24, 2.45) is 0 Å². The Labute approximate surface area is 320 Å². The minimum absolute atomic E-state index is 0.112. The summed E-state index contributed by atoms with van der Waals surface area (Å²) in [4.78, 5) is 35.1. The Morgan fingerprint density at radius 3 is 1.59 bits per heavy atom. The van der Waals surface area contributed by atoms with Crippen LogP contribution in [0.4, 0.5) is 0 Å². The Kier molecular flexibility index (Phi) is 7.18. The average Bonchev–Trinajstić information content (AvgIpc) is 3.67. The first-order valence-corrected chi connectivity index (χ1v) is 18.5. The lowest BCUT2D eigenvalue weighted by Gasteiger charge is -2.18. The van der Waals surface area contributed by atoms with Crippen molar-refractivity contribution in [1.82, 2.24) is 28.9 Å². The molecule has 0 bridgehead atoms. The van der Waals surface area contributed by atoms with Gasteiger partial charge in [0.2, 0.25) is 0 Å². The van der Waals surface area contributed by atoms with Crippen molar-refractivity contribution in [3.05, 3.63) is 192 Å². The maximum atomic E-state index is 14.9. The summed E-state index contributed by atoms with van der Waals surface area (Å²) in [7, 11) is 0. The van der Waals surface area contributed by atoms with E-state index in [0.29, 0.717) is 28.5 Å². The molecule has 0 amide bonds. The number of para-hydroxylation sites is 2. The van der Waals surface area contributed by atoms with Gasteiger partial charge in [0, 0.05) is 38.2 Å². The standard InChI is InChI=1S/C49H30N6O/c56-49-40-23-10-8-21-38(40)44-43(37-20-7-9-22-39(37)48-50-41-24-11-12-25-42(41)55(44)48)54(49)36-19-13-18-35(30-36)47-52-45(33-16-5-2-6-17-33)51-46(53-47)34-28-26-32(27-29-34)31-14-3-1-4-15-31/h1-30H. The summed E-state index contributed by atoms with van der Waals surface area (Å²) in [5.74, 6) is 1.64. The zero-order valence-electron chi connectivity index (χ0n) is 29.9. The van der Waals surface area contributed by atoms with E-state index in [1.54, 1.807) is 0 Å². The molecule has 11 aromatic rings. The fourth-order valence-electron chi connectivity index (χ4n) is 7.95. The average molecular weight is 719 g/mol. The predicted octanol–water partition coefficient (Wildman–Crippen LogP) is 11.0. The molecule has 4 heterocycles. The highest BCUT2D eigenvalue weighted by Gasteiger charge is 2.22. The number of imidazole rings is 1. The van der Waals surface area contributed by atoms with E-state index in [-0.39, 0.29) is 5.56 Å². The highest BCUT2D eigenvalue weighted by Crippen LogP contribution is 2.37. The van der Waals surface area contributed by atoms with E-state index < -0.39 is 0 Å². The van der Waals surface area contributed by atoms with Crippen molar-refractivity contribution < 1.29 is 0 Å². The van der Waals surface area contributed by atoms with Crippen LogP contribution in [0, 0.1) is 0 Å². The summed E-state index contributed by atoms with van der Waals surface area (Å²) >= 11 is 0. The van der Waals surface area contributed by atoms with E-state index in [0.717, 1.165) is 71.7 Å². The van der Waals surface area contributed by atoms with Crippen LogP contribution in [0.3, 0.4) is 0 Å². The number of fused-ring (bicyclic) bond motifs is 10. The third kappa shape index (κ3) is 5.02. The smallest absolute Gasteiger partial charge is 0.263 e. The number of benzene rings is 7. The van der Waals surface area contributed by atoms with Crippen LogP contribution >= 0.6 is 0 Å². The number of rotatable bonds is 5. The monoisotopic (exact) mass is 718 g/mol. The predicted molar refractivity (Wildman–Crippen MR) is 226 cm³/mol. The van der Waals surface area contributed by atoms with Gasteiger partial charge in [-0.2, -0.15) is 0 Å². The molecule has 0 saturated carbocycles. The van der Waals surface area contributed by atoms with Crippen LogP contribution in [-0.2, 0) is 0 Å². The first-order chi connectivity index (χ1) is 27.7. The van der Waals surface area contributed by atoms with Crippen LogP contribution in [0.5, 0.6) is 0 Å². The fraction of sp³-hybridized carbons (Fsp3) is 0. The van der Waals surface area contributed by atoms with E-state index in [1.807, 2.05) is 132 Å². The molecule has 7 nitrogen and oxygen atoms in total. The molecule has 0 saturated heterocycles. The SMILES string of the molecule is O=c1c2ccccc2c2c(c3ccccc3c3nc4ccccc4n32)n1-c1cccc(-c2nc(-c3ccccc3)nc(-c3ccc(-c4ccccc4)cc3)n2)c1. The molecular formula is C49H30N6O. The summed E-state index contributed by atoms with van der Waals surface area (Å²) in [6.07, 6.45) is 0. The highest BCUT2D eigenvalue weighted by atomic mass is 16.1. The van der Waals surface area contributed by atoms with Gasteiger partial charge in [-0.3, -0.25) is 13.8 Å². The largest absolute Gasteiger partial charge is 0.290 e. The van der Waals surface area contributed by atoms with Crippen LogP contribution in [-0.4, -0.2) is 28.9 Å². The minimum Gasteiger partial charge on any atom is -0.290 e. The molecule has 0 spiro atoms. The molecule has 0 N–H and O–H groups in total. The van der Waals surface area contributed by atoms with E-state index in [1.165, 1.54) is 0 Å². The number of aromatic nitrogens is 6. The van der Waals surface area contributed by atoms with Crippen molar-refractivity contribution >= 4 is 49.3 Å². The second-order valence-electron chi connectivity index (χ2n) is 13.9. The van der Waals surface area contributed by atoms with Gasteiger partial charge in [0.1, 0.15) is 5.65 Å². The lowest BCUT2D eigenvalue weighted by atomic mass is 10.0. The normalized spacial score (nSPS) is 11.6. The summed E-state index contributed by atoms with van der Waals surface area (Å²) in [5.41, 5.74) is 9.80. The molecular weight excluding hydrogens is 689 g/mol. The molecule has 7 aromatic carbocycles. The molecule has 0 aliphatic heterocycles. The van der Waals surface area contributed by atoms with Crippen molar-refractivity contribution in [1.29, 1.82) is 0 Å². The van der Waals surface area contributed by atoms with Gasteiger partial charge in [0.05, 0.1) is 27.8 Å². The van der Waals surface area contributed by atoms with Crippen LogP contribution in [0.2, 0.25) is 0 Å². The summed E-state index contributed by atoms with van der Waals surface area (Å²) in [6, 6.07) is 60.7. The third-order valence-corrected chi connectivity index (χ3v) is 10.6. The molecule has 0 aliphatic rings. The van der Waals surface area contributed by atoms with Crippen LogP contribution in [0.15, 0.2) is 187 Å². The molecule has 4 aromatic heterocycles. The van der Waals surface area contributed by atoms with Gasteiger partial charge >= 0.3 is 0 Å². The maximum Gasteiger partial charge on any atom is 0.263 e. The Hall–Kier alpha value is -7.77. The minimum atomic E-state index is -0.112. The zero-order chi connectivity index (χ0) is 37.2. The molecule has 0 atom stereocenters. The van der Waals surface area contributed by atoms with Crippen LogP contribution < -0.4 is 5.56 Å². The molecule has 11 rings (SSSR count). The van der Waals surface area contributed by atoms with Crippen molar-refractivity contribution in [3.8, 4) is 51.0 Å². The summed E-state index contributed by atoms with van der Waals surface area (Å²) in [5, 5.41) is 3.38. The van der Waals surface area contributed by atoms with Crippen molar-refractivity contribution in [2.75, 3.05) is 0 Å². The van der Waals surface area contributed by atoms with E-state index in [9.17, 15) is 4.79 Å². The zero-order valence-corrected chi connectivity index (χ0v) is 29.9. The first-order valence-electron chi connectivity index (χ1n) is 18.5. The van der Waals surface area contributed by atoms with E-state index >= 15 is 0 Å². The van der Waals surface area contributed by atoms with Gasteiger partial charge in [-0.05, 0) is 41.5 Å². The Morgan fingerprint density at radius 2 is 0.875 bits per heavy atom. The number of hydrogen-bond acceptors (Lipinski definition) is 5. The number of nitrogens with zero attached hydrogens (tertiary/aromatic N) is 6. The lowest BCUT2D eigenvalue weighted by molar-refractivity contribution is 1.05. The quantitative estimate of drug-likeness (QED) is 0.166. The Bertz CT molecular complexity index is 3370. The van der Waals surface area contributed by atoms with Crippen LogP contribution in [0.25, 0.3) is 100 Å². The second kappa shape index (κ2) is 12.7. The van der Waals surface area contributed by atoms with E-state index in [2.05, 4.69) is 59.0 Å². The lowest BCUT2D eigenvalue weighted by Crippen LogP contribution is -2.20. The molecule has 262 valence electrons. The van der Waals surface area contributed by atoms with Gasteiger partial charge in [0.25, 0.3) is 5.56 Å². The molecule has 0 unspecified atom stereocenters. The van der Waals surface area contributed by atoms with Gasteiger partial charge in [-0.15, -0.1) is 0 Å². The van der Waals surface area contributed by atoms with Crippen molar-refractivity contribution in [2.45, 2.75) is 0 Å². The Balaban J connectivity index is 1.16. The summed E-state index contributed by atoms with van der Waals surface area (Å²) in [6.45, 7) is 0. The van der Waals surface area contributed by atoms with Gasteiger partial charge < -0.3 is 0 Å². The molecule has 0 radical (unpaired) electrons. The molecule has 0 aliphatic carbocycles. The number of pyridine rings is 2. The molecule has 0 fully saturated rings. The molecule has 7 heteroatoms. The third-order valence-electron chi connectivity index (χ3n) is 10.6. The fourth-order valence-corrected chi connectivity index (χ4v) is 7.95. The maximum absolute atomic E-state index is 14.9. The van der Waals surface area contributed by atoms with E-state index in [4.69, 9.17) is 19.9 Å². The highest BCUT2D eigenvalue weighted by molar-refractivity contribution is 6.19. The van der Waals surface area contributed by atoms with Crippen molar-refractivity contribution in [3.63, 3.8) is 0 Å². The number of hydrogen-bond donors (Lipinski definition) is 0. The topological polar surface area (TPSA) is 78.0 Å². The summed E-state index contributed by atoms with van der Waals surface area (Å²) < 4.78 is 4.06. The van der Waals surface area contributed by atoms with Gasteiger partial charge in [-0.25, -0.2) is 19.9 Å². The molecule has 56 heavy (non-hydrogen) atoms. The van der Waals surface area contributed by atoms with Gasteiger partial charge in [-0.1, -0.05) is 152 Å².